The molecule has 1 aliphatic heterocycles. The van der Waals surface area contributed by atoms with Crippen molar-refractivity contribution in [2.24, 2.45) is 0 Å². The van der Waals surface area contributed by atoms with Crippen molar-refractivity contribution in [3.8, 4) is 5.75 Å². The summed E-state index contributed by atoms with van der Waals surface area (Å²) in [7, 11) is 2.95. The molecule has 0 spiro atoms. The molecule has 6 nitrogen and oxygen atoms in total. The molecule has 1 heterocycles. The van der Waals surface area contributed by atoms with Gasteiger partial charge in [0, 0.05) is 36.8 Å². The number of carbonyl (C=O) groups is 2. The topological polar surface area (TPSA) is 59.1 Å². The largest absolute Gasteiger partial charge is 0.496 e. The Kier molecular flexibility index (Phi) is 6.31. The van der Waals surface area contributed by atoms with Gasteiger partial charge in [0.05, 0.1) is 20.6 Å². The first-order valence-electron chi connectivity index (χ1n) is 7.90. The molecule has 2 amide bonds. The summed E-state index contributed by atoms with van der Waals surface area (Å²) in [6.07, 6.45) is 0.603. The van der Waals surface area contributed by atoms with Crippen molar-refractivity contribution in [2.75, 3.05) is 40.4 Å². The first kappa shape index (κ1) is 18.4. The molecule has 0 saturated carbocycles. The average molecular weight is 355 g/mol. The molecular weight excluding hydrogens is 332 g/mol. The van der Waals surface area contributed by atoms with Crippen LogP contribution in [0.3, 0.4) is 0 Å². The zero-order valence-corrected chi connectivity index (χ0v) is 15.1. The highest BCUT2D eigenvalue weighted by molar-refractivity contribution is 6.30. The van der Waals surface area contributed by atoms with Gasteiger partial charge in [-0.2, -0.15) is 0 Å². The third kappa shape index (κ3) is 4.32. The number of benzene rings is 1. The molecule has 0 atom stereocenters. The predicted molar refractivity (Wildman–Crippen MR) is 91.6 cm³/mol. The van der Waals surface area contributed by atoms with Crippen LogP contribution in [0.15, 0.2) is 12.1 Å². The van der Waals surface area contributed by atoms with E-state index in [2.05, 4.69) is 0 Å². The highest BCUT2D eigenvalue weighted by Crippen LogP contribution is 2.28. The minimum absolute atomic E-state index is 0.00156. The fourth-order valence-electron chi connectivity index (χ4n) is 2.98. The molecule has 24 heavy (non-hydrogen) atoms. The van der Waals surface area contributed by atoms with Crippen LogP contribution in [0.25, 0.3) is 0 Å². The Balaban J connectivity index is 2.06. The normalized spacial score (nSPS) is 15.0. The van der Waals surface area contributed by atoms with E-state index in [-0.39, 0.29) is 18.4 Å². The Bertz CT molecular complexity index is 621. The van der Waals surface area contributed by atoms with Crippen LogP contribution in [0.5, 0.6) is 5.75 Å². The van der Waals surface area contributed by atoms with Crippen molar-refractivity contribution >= 4 is 23.6 Å². The molecule has 0 unspecified atom stereocenters. The number of halogens is 1. The lowest BCUT2D eigenvalue weighted by Crippen LogP contribution is -2.38. The molecule has 0 aromatic heterocycles. The van der Waals surface area contributed by atoms with E-state index in [1.165, 1.54) is 7.11 Å². The molecule has 2 rings (SSSR count). The summed E-state index contributed by atoms with van der Waals surface area (Å²) >= 11 is 6.11. The van der Waals surface area contributed by atoms with Gasteiger partial charge in [0.1, 0.15) is 5.75 Å². The van der Waals surface area contributed by atoms with Gasteiger partial charge in [-0.05, 0) is 31.0 Å². The second-order valence-corrected chi connectivity index (χ2v) is 6.22. The Morgan fingerprint density at radius 1 is 1.12 bits per heavy atom. The fraction of sp³-hybridized carbons (Fsp3) is 0.529. The van der Waals surface area contributed by atoms with E-state index < -0.39 is 0 Å². The van der Waals surface area contributed by atoms with E-state index in [0.29, 0.717) is 37.0 Å². The van der Waals surface area contributed by atoms with Gasteiger partial charge in [-0.15, -0.1) is 0 Å². The van der Waals surface area contributed by atoms with Crippen LogP contribution >= 0.6 is 11.6 Å². The van der Waals surface area contributed by atoms with Crippen LogP contribution in [0, 0.1) is 6.92 Å². The summed E-state index contributed by atoms with van der Waals surface area (Å²) in [6.45, 7) is 4.09. The van der Waals surface area contributed by atoms with E-state index in [1.807, 2.05) is 13.0 Å². The number of amides is 2. The minimum Gasteiger partial charge on any atom is -0.496 e. The Morgan fingerprint density at radius 2 is 1.79 bits per heavy atom. The first-order valence-corrected chi connectivity index (χ1v) is 8.27. The molecule has 1 aromatic rings. The zero-order valence-electron chi connectivity index (χ0n) is 14.3. The third-order valence-corrected chi connectivity index (χ3v) is 4.36. The van der Waals surface area contributed by atoms with Crippen molar-refractivity contribution in [3.63, 3.8) is 0 Å². The maximum Gasteiger partial charge on any atom is 0.409 e. The zero-order chi connectivity index (χ0) is 17.7. The molecule has 1 aliphatic rings. The lowest BCUT2D eigenvalue weighted by molar-refractivity contribution is -0.130. The standard InChI is InChI=1S/C17H23ClN2O4/c1-12-9-14(18)10-13(16(12)23-2)11-15(21)19-5-4-6-20(8-7-19)17(22)24-3/h9-10H,4-8,11H2,1-3H3. The van der Waals surface area contributed by atoms with Crippen molar-refractivity contribution in [1.82, 2.24) is 9.80 Å². The molecule has 7 heteroatoms. The molecule has 0 bridgehead atoms. The molecule has 1 saturated heterocycles. The quantitative estimate of drug-likeness (QED) is 0.836. The number of methoxy groups -OCH3 is 2. The van der Waals surface area contributed by atoms with E-state index in [4.69, 9.17) is 21.1 Å². The summed E-state index contributed by atoms with van der Waals surface area (Å²) in [5, 5.41) is 0.587. The van der Waals surface area contributed by atoms with Crippen molar-refractivity contribution in [3.05, 3.63) is 28.3 Å². The molecule has 0 aliphatic carbocycles. The summed E-state index contributed by atoms with van der Waals surface area (Å²) in [4.78, 5) is 27.7. The molecule has 1 aromatic carbocycles. The van der Waals surface area contributed by atoms with Crippen molar-refractivity contribution < 1.29 is 19.1 Å². The summed E-state index contributed by atoms with van der Waals surface area (Å²) in [6, 6.07) is 3.58. The van der Waals surface area contributed by atoms with Gasteiger partial charge in [-0.1, -0.05) is 11.6 Å². The van der Waals surface area contributed by atoms with Crippen LogP contribution in [0.2, 0.25) is 5.02 Å². The van der Waals surface area contributed by atoms with E-state index >= 15 is 0 Å². The first-order chi connectivity index (χ1) is 11.5. The van der Waals surface area contributed by atoms with Crippen LogP contribution in [-0.2, 0) is 16.0 Å². The highest BCUT2D eigenvalue weighted by atomic mass is 35.5. The van der Waals surface area contributed by atoms with Gasteiger partial charge in [-0.3, -0.25) is 4.79 Å². The van der Waals surface area contributed by atoms with Gasteiger partial charge in [-0.25, -0.2) is 4.79 Å². The third-order valence-electron chi connectivity index (χ3n) is 4.14. The predicted octanol–water partition coefficient (Wildman–Crippen LogP) is 2.50. The van der Waals surface area contributed by atoms with Crippen molar-refractivity contribution in [2.45, 2.75) is 19.8 Å². The van der Waals surface area contributed by atoms with Crippen LogP contribution < -0.4 is 4.74 Å². The molecule has 132 valence electrons. The monoisotopic (exact) mass is 354 g/mol. The van der Waals surface area contributed by atoms with Crippen molar-refractivity contribution in [1.29, 1.82) is 0 Å². The van der Waals surface area contributed by atoms with Gasteiger partial charge in [0.2, 0.25) is 5.91 Å². The summed E-state index contributed by atoms with van der Waals surface area (Å²) in [5.74, 6) is 0.695. The van der Waals surface area contributed by atoms with E-state index in [0.717, 1.165) is 17.5 Å². The van der Waals surface area contributed by atoms with E-state index in [9.17, 15) is 9.59 Å². The van der Waals surface area contributed by atoms with Crippen LogP contribution in [-0.4, -0.2) is 62.2 Å². The molecule has 0 N–H and O–H groups in total. The second-order valence-electron chi connectivity index (χ2n) is 5.78. The van der Waals surface area contributed by atoms with E-state index in [1.54, 1.807) is 23.0 Å². The van der Waals surface area contributed by atoms with Crippen LogP contribution in [0.1, 0.15) is 17.5 Å². The van der Waals surface area contributed by atoms with Gasteiger partial charge >= 0.3 is 6.09 Å². The van der Waals surface area contributed by atoms with Gasteiger partial charge in [0.15, 0.2) is 0 Å². The number of hydrogen-bond acceptors (Lipinski definition) is 4. The maximum atomic E-state index is 12.6. The number of nitrogens with zero attached hydrogens (tertiary/aromatic N) is 2. The average Bonchev–Trinajstić information content (AvgIpc) is 2.80. The lowest BCUT2D eigenvalue weighted by atomic mass is 10.1. The molecule has 0 radical (unpaired) electrons. The molecule has 1 fully saturated rings. The van der Waals surface area contributed by atoms with Gasteiger partial charge < -0.3 is 19.3 Å². The fourth-order valence-corrected chi connectivity index (χ4v) is 3.27. The summed E-state index contributed by atoms with van der Waals surface area (Å²) < 4.78 is 10.2. The lowest BCUT2D eigenvalue weighted by Gasteiger charge is -2.22. The summed E-state index contributed by atoms with van der Waals surface area (Å²) in [5.41, 5.74) is 1.68. The number of aryl methyl sites for hydroxylation is 1. The smallest absolute Gasteiger partial charge is 0.409 e. The maximum absolute atomic E-state index is 12.6. The Hall–Kier alpha value is -1.95. The Morgan fingerprint density at radius 3 is 2.46 bits per heavy atom. The highest BCUT2D eigenvalue weighted by Gasteiger charge is 2.23. The van der Waals surface area contributed by atoms with Crippen LogP contribution in [0.4, 0.5) is 4.79 Å². The second kappa shape index (κ2) is 8.24. The molecular formula is C17H23ClN2O4. The van der Waals surface area contributed by atoms with Gasteiger partial charge in [0.25, 0.3) is 0 Å². The SMILES string of the molecule is COC(=O)N1CCCN(C(=O)Cc2cc(Cl)cc(C)c2OC)CC1. The Labute approximate surface area is 147 Å². The number of carbonyl (C=O) groups excluding carboxylic acids is 2. The minimum atomic E-state index is -0.351. The number of ether oxygens (including phenoxy) is 2. The number of hydrogen-bond donors (Lipinski definition) is 0. The number of rotatable bonds is 3.